The van der Waals surface area contributed by atoms with Crippen molar-refractivity contribution in [2.24, 2.45) is 0 Å². The standard InChI is InChI=1S/C9H21N.ClH/c1-5-7-10(8-6-2)9(3)4;/h9H,5-8H2,1-4H3;1H. The third-order valence-corrected chi connectivity index (χ3v) is 1.96. The molecule has 0 aliphatic heterocycles. The molecule has 0 aliphatic carbocycles. The summed E-state index contributed by atoms with van der Waals surface area (Å²) < 4.78 is 0. The summed E-state index contributed by atoms with van der Waals surface area (Å²) in [5.74, 6) is 0. The van der Waals surface area contributed by atoms with Crippen molar-refractivity contribution in [2.75, 3.05) is 13.1 Å². The van der Waals surface area contributed by atoms with Crippen LogP contribution in [0.3, 0.4) is 0 Å². The van der Waals surface area contributed by atoms with Gasteiger partial charge < -0.3 is 17.3 Å². The second kappa shape index (κ2) is 8.35. The molecule has 0 spiro atoms. The minimum Gasteiger partial charge on any atom is -1.00 e. The van der Waals surface area contributed by atoms with Crippen LogP contribution in [0.5, 0.6) is 0 Å². The molecule has 0 unspecified atom stereocenters. The molecule has 11 heavy (non-hydrogen) atoms. The number of rotatable bonds is 5. The lowest BCUT2D eigenvalue weighted by Crippen LogP contribution is -3.14. The molecule has 0 atom stereocenters. The number of quaternary nitrogens is 1. The zero-order valence-corrected chi connectivity index (χ0v) is 9.04. The van der Waals surface area contributed by atoms with Gasteiger partial charge in [-0.2, -0.15) is 0 Å². The summed E-state index contributed by atoms with van der Waals surface area (Å²) in [6.07, 6.45) is 2.63. The van der Waals surface area contributed by atoms with E-state index in [1.807, 2.05) is 0 Å². The van der Waals surface area contributed by atoms with E-state index < -0.39 is 0 Å². The third-order valence-electron chi connectivity index (χ3n) is 1.96. The summed E-state index contributed by atoms with van der Waals surface area (Å²) in [7, 11) is 0. The quantitative estimate of drug-likeness (QED) is 0.504. The topological polar surface area (TPSA) is 4.44 Å². The Bertz CT molecular complexity index is 68.0. The summed E-state index contributed by atoms with van der Waals surface area (Å²) in [5.41, 5.74) is 0. The molecule has 0 saturated carbocycles. The highest BCUT2D eigenvalue weighted by molar-refractivity contribution is 4.35. The Kier molecular flexibility index (Phi) is 10.5. The molecule has 70 valence electrons. The van der Waals surface area contributed by atoms with Gasteiger partial charge >= 0.3 is 0 Å². The molecule has 2 heteroatoms. The Labute approximate surface area is 77.6 Å². The molecule has 0 aliphatic rings. The van der Waals surface area contributed by atoms with E-state index in [4.69, 9.17) is 0 Å². The van der Waals surface area contributed by atoms with Crippen LogP contribution in [0.15, 0.2) is 0 Å². The fourth-order valence-electron chi connectivity index (χ4n) is 1.34. The monoisotopic (exact) mass is 179 g/mol. The maximum Gasteiger partial charge on any atom is 0.0817 e. The van der Waals surface area contributed by atoms with E-state index in [0.29, 0.717) is 0 Å². The molecule has 0 radical (unpaired) electrons. The fraction of sp³-hybridized carbons (Fsp3) is 1.00. The van der Waals surface area contributed by atoms with Gasteiger partial charge in [-0.25, -0.2) is 0 Å². The van der Waals surface area contributed by atoms with Crippen molar-refractivity contribution in [3.05, 3.63) is 0 Å². The van der Waals surface area contributed by atoms with E-state index in [-0.39, 0.29) is 12.4 Å². The highest BCUT2D eigenvalue weighted by Gasteiger charge is 2.08. The largest absolute Gasteiger partial charge is 1.00 e. The lowest BCUT2D eigenvalue weighted by atomic mass is 10.3. The van der Waals surface area contributed by atoms with Gasteiger partial charge in [-0.05, 0) is 26.7 Å². The maximum atomic E-state index is 2.31. The minimum absolute atomic E-state index is 0. The van der Waals surface area contributed by atoms with Crippen molar-refractivity contribution in [1.82, 2.24) is 0 Å². The fourth-order valence-corrected chi connectivity index (χ4v) is 1.34. The van der Waals surface area contributed by atoms with Gasteiger partial charge in [0.05, 0.1) is 19.1 Å². The summed E-state index contributed by atoms with van der Waals surface area (Å²) in [5, 5.41) is 0. The van der Waals surface area contributed by atoms with Crippen LogP contribution in [0.25, 0.3) is 0 Å². The Morgan fingerprint density at radius 1 is 1.00 bits per heavy atom. The van der Waals surface area contributed by atoms with Crippen LogP contribution in [-0.2, 0) is 0 Å². The van der Waals surface area contributed by atoms with Crippen molar-refractivity contribution in [1.29, 1.82) is 0 Å². The van der Waals surface area contributed by atoms with Gasteiger partial charge in [-0.3, -0.25) is 0 Å². The molecule has 0 aromatic carbocycles. The molecule has 1 nitrogen and oxygen atoms in total. The number of nitrogens with one attached hydrogen (secondary N) is 1. The normalized spacial score (nSPS) is 10.4. The molecule has 0 rings (SSSR count). The van der Waals surface area contributed by atoms with Gasteiger partial charge in [0.2, 0.25) is 0 Å². The van der Waals surface area contributed by atoms with E-state index in [0.717, 1.165) is 6.04 Å². The van der Waals surface area contributed by atoms with Crippen molar-refractivity contribution in [2.45, 2.75) is 46.6 Å². The van der Waals surface area contributed by atoms with Crippen LogP contribution >= 0.6 is 0 Å². The van der Waals surface area contributed by atoms with Gasteiger partial charge in [0.25, 0.3) is 0 Å². The summed E-state index contributed by atoms with van der Waals surface area (Å²) in [6.45, 7) is 11.8. The van der Waals surface area contributed by atoms with E-state index in [1.54, 1.807) is 4.90 Å². The molecule has 0 bridgehead atoms. The average molecular weight is 180 g/mol. The van der Waals surface area contributed by atoms with Crippen LogP contribution in [0.2, 0.25) is 0 Å². The zero-order valence-electron chi connectivity index (χ0n) is 8.28. The SMILES string of the molecule is CCC[NH+](CCC)C(C)C.[Cl-]. The van der Waals surface area contributed by atoms with Crippen molar-refractivity contribution in [3.63, 3.8) is 0 Å². The Morgan fingerprint density at radius 3 is 1.55 bits per heavy atom. The van der Waals surface area contributed by atoms with E-state index in [1.165, 1.54) is 25.9 Å². The van der Waals surface area contributed by atoms with E-state index >= 15 is 0 Å². The Hall–Kier alpha value is 0.250. The molecule has 0 saturated heterocycles. The van der Waals surface area contributed by atoms with E-state index in [2.05, 4.69) is 27.7 Å². The molecule has 0 aromatic heterocycles. The lowest BCUT2D eigenvalue weighted by Gasteiger charge is -2.21. The van der Waals surface area contributed by atoms with Crippen molar-refractivity contribution >= 4 is 0 Å². The first-order chi connectivity index (χ1) is 4.72. The zero-order chi connectivity index (χ0) is 7.98. The molecule has 0 amide bonds. The first-order valence-corrected chi connectivity index (χ1v) is 4.56. The first kappa shape index (κ1) is 13.8. The predicted molar refractivity (Wildman–Crippen MR) is 46.4 cm³/mol. The number of hydrogen-bond donors (Lipinski definition) is 1. The second-order valence-corrected chi connectivity index (χ2v) is 3.31. The number of halogens is 1. The van der Waals surface area contributed by atoms with Gasteiger partial charge in [0, 0.05) is 0 Å². The lowest BCUT2D eigenvalue weighted by molar-refractivity contribution is -0.921. The summed E-state index contributed by atoms with van der Waals surface area (Å²) in [4.78, 5) is 1.75. The first-order valence-electron chi connectivity index (χ1n) is 4.56. The van der Waals surface area contributed by atoms with Gasteiger partial charge in [0.1, 0.15) is 0 Å². The van der Waals surface area contributed by atoms with Gasteiger partial charge in [-0.15, -0.1) is 0 Å². The Balaban J connectivity index is 0. The molecule has 0 heterocycles. The van der Waals surface area contributed by atoms with Gasteiger partial charge in [0.15, 0.2) is 0 Å². The van der Waals surface area contributed by atoms with Crippen LogP contribution in [0.1, 0.15) is 40.5 Å². The van der Waals surface area contributed by atoms with Crippen LogP contribution in [0, 0.1) is 0 Å². The molecular weight excluding hydrogens is 158 g/mol. The predicted octanol–water partition coefficient (Wildman–Crippen LogP) is -1.90. The average Bonchev–Trinajstić information content (AvgIpc) is 1.87. The molecule has 0 fully saturated rings. The summed E-state index contributed by atoms with van der Waals surface area (Å²) in [6, 6.07) is 0.805. The Morgan fingerprint density at radius 2 is 1.36 bits per heavy atom. The molecule has 0 aromatic rings. The van der Waals surface area contributed by atoms with Gasteiger partial charge in [-0.1, -0.05) is 13.8 Å². The van der Waals surface area contributed by atoms with Crippen molar-refractivity contribution in [3.8, 4) is 0 Å². The minimum atomic E-state index is 0. The van der Waals surface area contributed by atoms with Crippen molar-refractivity contribution < 1.29 is 17.3 Å². The van der Waals surface area contributed by atoms with Crippen LogP contribution in [0.4, 0.5) is 0 Å². The third kappa shape index (κ3) is 6.64. The van der Waals surface area contributed by atoms with Crippen LogP contribution in [-0.4, -0.2) is 19.1 Å². The molecule has 1 N–H and O–H groups in total. The number of hydrogen-bond acceptors (Lipinski definition) is 0. The molecular formula is C9H22ClN. The second-order valence-electron chi connectivity index (χ2n) is 3.31. The highest BCUT2D eigenvalue weighted by atomic mass is 35.5. The van der Waals surface area contributed by atoms with E-state index in [9.17, 15) is 0 Å². The highest BCUT2D eigenvalue weighted by Crippen LogP contribution is 1.74. The maximum absolute atomic E-state index is 2.31. The smallest absolute Gasteiger partial charge is 0.0817 e. The van der Waals surface area contributed by atoms with Crippen LogP contribution < -0.4 is 17.3 Å². The summed E-state index contributed by atoms with van der Waals surface area (Å²) >= 11 is 0.